The molecule has 0 aliphatic carbocycles. The van der Waals surface area contributed by atoms with E-state index in [1.54, 1.807) is 11.8 Å². The van der Waals surface area contributed by atoms with E-state index in [0.29, 0.717) is 36.2 Å². The number of carbonyl (C=O) groups is 1. The van der Waals surface area contributed by atoms with Crippen molar-refractivity contribution in [3.05, 3.63) is 51.7 Å². The van der Waals surface area contributed by atoms with E-state index in [4.69, 9.17) is 16.3 Å². The van der Waals surface area contributed by atoms with Crippen LogP contribution in [-0.2, 0) is 22.6 Å². The molecule has 0 spiro atoms. The highest BCUT2D eigenvalue weighted by atomic mass is 35.5. The Labute approximate surface area is 206 Å². The number of amides is 1. The number of alkyl halides is 2. The number of aromatic nitrogens is 2. The quantitative estimate of drug-likeness (QED) is 0.584. The number of piperidine rings is 1. The van der Waals surface area contributed by atoms with Gasteiger partial charge in [0.1, 0.15) is 11.6 Å². The summed E-state index contributed by atoms with van der Waals surface area (Å²) in [5, 5.41) is 3.10. The van der Waals surface area contributed by atoms with E-state index in [1.807, 2.05) is 0 Å². The van der Waals surface area contributed by atoms with Crippen molar-refractivity contribution in [2.24, 2.45) is 5.92 Å². The third kappa shape index (κ3) is 4.83. The molecular weight excluding hydrogens is 483 g/mol. The van der Waals surface area contributed by atoms with Gasteiger partial charge in [-0.15, -0.1) is 0 Å². The van der Waals surface area contributed by atoms with Crippen LogP contribution < -0.4 is 5.32 Å². The molecule has 0 unspecified atom stereocenters. The van der Waals surface area contributed by atoms with Crippen molar-refractivity contribution in [1.82, 2.24) is 19.8 Å². The molecule has 35 heavy (non-hydrogen) atoms. The van der Waals surface area contributed by atoms with Crippen LogP contribution >= 0.6 is 11.6 Å². The fourth-order valence-corrected chi connectivity index (χ4v) is 5.24. The standard InChI is InChI=1S/C24H27ClF3N5O2/c1-13(16-3-2-4-17(20(16)26)21(27)28)29-22-18-9-33(10-19(18)30-24(25)31-22)23(34)14-5-7-32(8-6-14)15-11-35-12-15/h2-4,13-15,21H,5-12H2,1H3,(H,29,30,31)/t13-/m1/s1. The summed E-state index contributed by atoms with van der Waals surface area (Å²) in [6.07, 6.45) is -1.30. The summed E-state index contributed by atoms with van der Waals surface area (Å²) in [4.78, 5) is 26.0. The lowest BCUT2D eigenvalue weighted by molar-refractivity contribution is -0.139. The molecule has 3 aliphatic heterocycles. The summed E-state index contributed by atoms with van der Waals surface area (Å²) >= 11 is 6.14. The summed E-state index contributed by atoms with van der Waals surface area (Å²) in [5.41, 5.74) is 0.804. The largest absolute Gasteiger partial charge is 0.378 e. The first-order chi connectivity index (χ1) is 16.8. The Kier molecular flexibility index (Phi) is 6.87. The van der Waals surface area contributed by atoms with Gasteiger partial charge >= 0.3 is 0 Å². The molecule has 7 nitrogen and oxygen atoms in total. The van der Waals surface area contributed by atoms with Gasteiger partial charge in [-0.1, -0.05) is 18.2 Å². The van der Waals surface area contributed by atoms with Gasteiger partial charge in [0, 0.05) is 17.0 Å². The van der Waals surface area contributed by atoms with E-state index < -0.39 is 23.8 Å². The summed E-state index contributed by atoms with van der Waals surface area (Å²) in [6, 6.07) is 3.75. The number of anilines is 1. The fourth-order valence-electron chi connectivity index (χ4n) is 5.06. The maximum atomic E-state index is 14.7. The van der Waals surface area contributed by atoms with Crippen molar-refractivity contribution in [2.45, 2.75) is 51.4 Å². The fraction of sp³-hybridized carbons (Fsp3) is 0.542. The maximum absolute atomic E-state index is 14.7. The van der Waals surface area contributed by atoms with E-state index in [9.17, 15) is 18.0 Å². The molecule has 11 heteroatoms. The van der Waals surface area contributed by atoms with E-state index in [0.717, 1.165) is 45.2 Å². The van der Waals surface area contributed by atoms with Crippen molar-refractivity contribution >= 4 is 23.3 Å². The molecule has 188 valence electrons. The minimum atomic E-state index is -2.91. The summed E-state index contributed by atoms with van der Waals surface area (Å²) in [7, 11) is 0. The lowest BCUT2D eigenvalue weighted by Gasteiger charge is -2.41. The first kappa shape index (κ1) is 24.3. The van der Waals surface area contributed by atoms with Crippen LogP contribution in [0.25, 0.3) is 0 Å². The maximum Gasteiger partial charge on any atom is 0.266 e. The molecule has 2 aromatic rings. The lowest BCUT2D eigenvalue weighted by atomic mass is 9.94. The normalized spacial score (nSPS) is 20.1. The van der Waals surface area contributed by atoms with Gasteiger partial charge < -0.3 is 15.0 Å². The third-order valence-electron chi connectivity index (χ3n) is 7.20. The Morgan fingerprint density at radius 3 is 2.54 bits per heavy atom. The molecule has 1 aromatic carbocycles. The predicted octanol–water partition coefficient (Wildman–Crippen LogP) is 4.33. The van der Waals surface area contributed by atoms with Crippen molar-refractivity contribution in [3.63, 3.8) is 0 Å². The molecule has 0 radical (unpaired) electrons. The molecule has 1 amide bonds. The smallest absolute Gasteiger partial charge is 0.266 e. The van der Waals surface area contributed by atoms with Crippen LogP contribution in [0.15, 0.2) is 18.2 Å². The first-order valence-electron chi connectivity index (χ1n) is 11.8. The molecule has 5 rings (SSSR count). The Balaban J connectivity index is 1.28. The SMILES string of the molecule is C[C@@H](Nc1nc(Cl)nc2c1CN(C(=O)C1CCN(C3COC3)CC1)C2)c1cccc(C(F)F)c1F. The number of rotatable bonds is 6. The van der Waals surface area contributed by atoms with Crippen LogP contribution in [0.3, 0.4) is 0 Å². The van der Waals surface area contributed by atoms with Crippen LogP contribution in [0.1, 0.15) is 54.6 Å². The summed E-state index contributed by atoms with van der Waals surface area (Å²) < 4.78 is 46.2. The summed E-state index contributed by atoms with van der Waals surface area (Å²) in [5.74, 6) is -0.537. The second kappa shape index (κ2) is 9.91. The van der Waals surface area contributed by atoms with E-state index >= 15 is 0 Å². The molecule has 0 saturated carbocycles. The van der Waals surface area contributed by atoms with Crippen LogP contribution in [0.4, 0.5) is 19.0 Å². The van der Waals surface area contributed by atoms with Crippen LogP contribution in [0, 0.1) is 11.7 Å². The van der Waals surface area contributed by atoms with E-state index in [-0.39, 0.29) is 22.7 Å². The van der Waals surface area contributed by atoms with Gasteiger partial charge in [0.15, 0.2) is 0 Å². The zero-order valence-electron chi connectivity index (χ0n) is 19.3. The lowest BCUT2D eigenvalue weighted by Crippen LogP contribution is -2.52. The molecule has 4 heterocycles. The van der Waals surface area contributed by atoms with Crippen LogP contribution in [0.2, 0.25) is 5.28 Å². The number of nitrogens with one attached hydrogen (secondary N) is 1. The Morgan fingerprint density at radius 2 is 1.89 bits per heavy atom. The number of fused-ring (bicyclic) bond motifs is 1. The van der Waals surface area contributed by atoms with Gasteiger partial charge in [-0.05, 0) is 44.5 Å². The number of nitrogens with zero attached hydrogens (tertiary/aromatic N) is 4. The Morgan fingerprint density at radius 1 is 1.17 bits per heavy atom. The first-order valence-corrected chi connectivity index (χ1v) is 12.2. The molecule has 1 atom stereocenters. The summed E-state index contributed by atoms with van der Waals surface area (Å²) in [6.45, 7) is 5.60. The molecule has 0 bridgehead atoms. The highest BCUT2D eigenvalue weighted by Gasteiger charge is 2.36. The van der Waals surface area contributed by atoms with Gasteiger partial charge in [0.25, 0.3) is 6.43 Å². The molecule has 1 N–H and O–H groups in total. The van der Waals surface area contributed by atoms with Gasteiger partial charge in [-0.25, -0.2) is 23.1 Å². The Bertz CT molecular complexity index is 1110. The zero-order chi connectivity index (χ0) is 24.7. The van der Waals surface area contributed by atoms with Crippen molar-refractivity contribution in [1.29, 1.82) is 0 Å². The molecule has 2 fully saturated rings. The van der Waals surface area contributed by atoms with Gasteiger partial charge in [-0.3, -0.25) is 9.69 Å². The average molecular weight is 510 g/mol. The number of benzene rings is 1. The molecule has 1 aromatic heterocycles. The van der Waals surface area contributed by atoms with Crippen LogP contribution in [0.5, 0.6) is 0 Å². The second-order valence-corrected chi connectivity index (χ2v) is 9.72. The minimum absolute atomic E-state index is 0.00516. The molecule has 3 aliphatic rings. The van der Waals surface area contributed by atoms with Crippen molar-refractivity contribution in [2.75, 3.05) is 31.6 Å². The number of carbonyl (C=O) groups excluding carboxylic acids is 1. The molecular formula is C24H27ClF3N5O2. The predicted molar refractivity (Wildman–Crippen MR) is 124 cm³/mol. The number of hydrogen-bond donors (Lipinski definition) is 1. The van der Waals surface area contributed by atoms with Crippen LogP contribution in [-0.4, -0.2) is 58.0 Å². The Hall–Kier alpha value is -2.43. The molecule has 2 saturated heterocycles. The van der Waals surface area contributed by atoms with Crippen molar-refractivity contribution in [3.8, 4) is 0 Å². The third-order valence-corrected chi connectivity index (χ3v) is 7.36. The van der Waals surface area contributed by atoms with Gasteiger partial charge in [0.05, 0.1) is 49.6 Å². The number of likely N-dealkylation sites (tertiary alicyclic amines) is 1. The zero-order valence-corrected chi connectivity index (χ0v) is 20.1. The second-order valence-electron chi connectivity index (χ2n) is 9.38. The number of halogens is 4. The van der Waals surface area contributed by atoms with E-state index in [2.05, 4.69) is 20.2 Å². The minimum Gasteiger partial charge on any atom is -0.378 e. The highest BCUT2D eigenvalue weighted by Crippen LogP contribution is 2.34. The van der Waals surface area contributed by atoms with E-state index in [1.165, 1.54) is 12.1 Å². The van der Waals surface area contributed by atoms with Gasteiger partial charge in [0.2, 0.25) is 11.2 Å². The average Bonchev–Trinajstić information content (AvgIpc) is 3.22. The highest BCUT2D eigenvalue weighted by molar-refractivity contribution is 6.28. The van der Waals surface area contributed by atoms with Crippen molar-refractivity contribution < 1.29 is 22.7 Å². The number of ether oxygens (including phenoxy) is 1. The number of hydrogen-bond acceptors (Lipinski definition) is 6. The monoisotopic (exact) mass is 509 g/mol. The van der Waals surface area contributed by atoms with Gasteiger partial charge in [-0.2, -0.15) is 0 Å². The topological polar surface area (TPSA) is 70.6 Å².